The highest BCUT2D eigenvalue weighted by atomic mass is 35.5. The second-order valence-corrected chi connectivity index (χ2v) is 7.34. The third-order valence-corrected chi connectivity index (χ3v) is 4.76. The van der Waals surface area contributed by atoms with Gasteiger partial charge in [-0.2, -0.15) is 0 Å². The van der Waals surface area contributed by atoms with E-state index in [-0.39, 0.29) is 17.1 Å². The first kappa shape index (κ1) is 15.5. The van der Waals surface area contributed by atoms with Gasteiger partial charge in [0.05, 0.1) is 6.10 Å². The lowest BCUT2D eigenvalue weighted by Crippen LogP contribution is -2.35. The van der Waals surface area contributed by atoms with Crippen LogP contribution in [0, 0.1) is 17.3 Å². The molecule has 1 aliphatic carbocycles. The van der Waals surface area contributed by atoms with Gasteiger partial charge in [-0.25, -0.2) is 0 Å². The number of rotatable bonds is 2. The summed E-state index contributed by atoms with van der Waals surface area (Å²) in [5.74, 6) is 0.384. The maximum absolute atomic E-state index is 12.2. The lowest BCUT2D eigenvalue weighted by atomic mass is 9.67. The first-order valence-electron chi connectivity index (χ1n) is 7.25. The first-order chi connectivity index (χ1) is 9.29. The molecule has 2 unspecified atom stereocenters. The smallest absolute Gasteiger partial charge is 0.138 e. The molecule has 1 saturated carbocycles. The number of carbonyl (C=O) groups is 1. The predicted molar refractivity (Wildman–Crippen MR) is 81.7 cm³/mol. The minimum Gasteiger partial charge on any atom is -0.388 e. The van der Waals surface area contributed by atoms with Crippen molar-refractivity contribution in [2.75, 3.05) is 0 Å². The van der Waals surface area contributed by atoms with Gasteiger partial charge in [0.2, 0.25) is 0 Å². The van der Waals surface area contributed by atoms with E-state index in [9.17, 15) is 9.90 Å². The first-order valence-corrected chi connectivity index (χ1v) is 7.63. The van der Waals surface area contributed by atoms with E-state index in [4.69, 9.17) is 11.6 Å². The molecule has 1 aromatic carbocycles. The lowest BCUT2D eigenvalue weighted by Gasteiger charge is -2.38. The van der Waals surface area contributed by atoms with E-state index >= 15 is 0 Å². The minimum atomic E-state index is -0.718. The summed E-state index contributed by atoms with van der Waals surface area (Å²) in [4.78, 5) is 12.2. The highest BCUT2D eigenvalue weighted by Crippen LogP contribution is 2.42. The third-order valence-electron chi connectivity index (χ3n) is 4.51. The molecular weight excluding hydrogens is 272 g/mol. The minimum absolute atomic E-state index is 0.179. The fourth-order valence-corrected chi connectivity index (χ4v) is 3.17. The second-order valence-electron chi connectivity index (χ2n) is 6.91. The van der Waals surface area contributed by atoms with Crippen LogP contribution in [-0.4, -0.2) is 10.9 Å². The van der Waals surface area contributed by atoms with E-state index in [1.54, 1.807) is 24.3 Å². The van der Waals surface area contributed by atoms with Crippen molar-refractivity contribution in [1.82, 2.24) is 0 Å². The van der Waals surface area contributed by atoms with Gasteiger partial charge >= 0.3 is 0 Å². The summed E-state index contributed by atoms with van der Waals surface area (Å²) >= 11 is 5.87. The average molecular weight is 295 g/mol. The number of aliphatic hydroxyl groups excluding tert-OH is 1. The number of benzene rings is 1. The number of carbonyl (C=O) groups excluding carboxylic acids is 1. The van der Waals surface area contributed by atoms with Gasteiger partial charge in [0, 0.05) is 17.4 Å². The fourth-order valence-electron chi connectivity index (χ4n) is 3.04. The van der Waals surface area contributed by atoms with Crippen LogP contribution in [0.1, 0.15) is 51.7 Å². The van der Waals surface area contributed by atoms with Crippen molar-refractivity contribution in [3.05, 3.63) is 34.9 Å². The van der Waals surface area contributed by atoms with E-state index in [0.717, 1.165) is 18.4 Å². The summed E-state index contributed by atoms with van der Waals surface area (Å²) < 4.78 is 0. The Balaban J connectivity index is 2.16. The van der Waals surface area contributed by atoms with Gasteiger partial charge in [-0.15, -0.1) is 0 Å². The van der Waals surface area contributed by atoms with Gasteiger partial charge in [0.15, 0.2) is 0 Å². The predicted octanol–water partition coefficient (Wildman–Crippen LogP) is 4.40. The zero-order chi connectivity index (χ0) is 14.9. The van der Waals surface area contributed by atoms with Crippen molar-refractivity contribution < 1.29 is 9.90 Å². The molecule has 0 aromatic heterocycles. The van der Waals surface area contributed by atoms with Crippen LogP contribution >= 0.6 is 11.6 Å². The number of hydrogen-bond donors (Lipinski definition) is 1. The summed E-state index contributed by atoms with van der Waals surface area (Å²) in [7, 11) is 0. The molecule has 0 heterocycles. The molecule has 2 rings (SSSR count). The monoisotopic (exact) mass is 294 g/mol. The molecule has 0 spiro atoms. The maximum atomic E-state index is 12.2. The van der Waals surface area contributed by atoms with Crippen LogP contribution in [0.2, 0.25) is 5.02 Å². The molecule has 2 nitrogen and oxygen atoms in total. The average Bonchev–Trinajstić information content (AvgIpc) is 2.38. The standard InChI is InChI=1S/C17H23ClO2/c1-17(2,3)12-6-9-15(19)14(10-12)16(20)11-4-7-13(18)8-5-11/h4-5,7-8,12,14,16,20H,6,9-10H2,1-3H3/t12?,14?,16-/m1/s1. The Labute approximate surface area is 126 Å². The van der Waals surface area contributed by atoms with E-state index in [1.807, 2.05) is 0 Å². The molecule has 0 amide bonds. The molecule has 1 N–H and O–H groups in total. The van der Waals surface area contributed by atoms with Crippen LogP contribution in [-0.2, 0) is 4.79 Å². The van der Waals surface area contributed by atoms with Crippen LogP contribution in [0.5, 0.6) is 0 Å². The Bertz CT molecular complexity index is 473. The van der Waals surface area contributed by atoms with Crippen LogP contribution in [0.4, 0.5) is 0 Å². The van der Waals surface area contributed by atoms with Crippen LogP contribution < -0.4 is 0 Å². The van der Waals surface area contributed by atoms with Crippen molar-refractivity contribution in [2.24, 2.45) is 17.3 Å². The quantitative estimate of drug-likeness (QED) is 0.877. The summed E-state index contributed by atoms with van der Waals surface area (Å²) in [6.07, 6.45) is 1.57. The molecule has 20 heavy (non-hydrogen) atoms. The van der Waals surface area contributed by atoms with Gasteiger partial charge in [-0.3, -0.25) is 4.79 Å². The number of halogens is 1. The molecule has 3 heteroatoms. The topological polar surface area (TPSA) is 37.3 Å². The van der Waals surface area contributed by atoms with Crippen LogP contribution in [0.3, 0.4) is 0 Å². The lowest BCUT2D eigenvalue weighted by molar-refractivity contribution is -0.131. The number of ketones is 1. The van der Waals surface area contributed by atoms with E-state index in [0.29, 0.717) is 17.4 Å². The highest BCUT2D eigenvalue weighted by molar-refractivity contribution is 6.30. The molecular formula is C17H23ClO2. The Morgan fingerprint density at radius 1 is 1.25 bits per heavy atom. The van der Waals surface area contributed by atoms with E-state index < -0.39 is 6.10 Å². The highest BCUT2D eigenvalue weighted by Gasteiger charge is 2.38. The Morgan fingerprint density at radius 3 is 2.40 bits per heavy atom. The van der Waals surface area contributed by atoms with Crippen molar-refractivity contribution in [3.8, 4) is 0 Å². The van der Waals surface area contributed by atoms with Gasteiger partial charge in [-0.1, -0.05) is 44.5 Å². The Morgan fingerprint density at radius 2 is 1.85 bits per heavy atom. The van der Waals surface area contributed by atoms with Crippen molar-refractivity contribution in [2.45, 2.75) is 46.1 Å². The summed E-state index contributed by atoms with van der Waals surface area (Å²) in [5, 5.41) is 11.2. The molecule has 0 aliphatic heterocycles. The van der Waals surface area contributed by atoms with Crippen LogP contribution in [0.25, 0.3) is 0 Å². The largest absolute Gasteiger partial charge is 0.388 e. The number of Topliss-reactive ketones (excluding diaryl/α,β-unsaturated/α-hetero) is 1. The van der Waals surface area contributed by atoms with E-state index in [2.05, 4.69) is 20.8 Å². The van der Waals surface area contributed by atoms with Crippen molar-refractivity contribution in [3.63, 3.8) is 0 Å². The van der Waals surface area contributed by atoms with Gasteiger partial charge in [0.1, 0.15) is 5.78 Å². The summed E-state index contributed by atoms with van der Waals surface area (Å²) in [6, 6.07) is 7.13. The van der Waals surface area contributed by atoms with Crippen molar-refractivity contribution in [1.29, 1.82) is 0 Å². The summed E-state index contributed by atoms with van der Waals surface area (Å²) in [6.45, 7) is 6.62. The SMILES string of the molecule is CC(C)(C)C1CCC(=O)C([C@H](O)c2ccc(Cl)cc2)C1. The molecule has 3 atom stereocenters. The summed E-state index contributed by atoms with van der Waals surface area (Å²) in [5.41, 5.74) is 0.959. The Kier molecular flexibility index (Phi) is 4.55. The second kappa shape index (κ2) is 5.87. The number of aliphatic hydroxyl groups is 1. The molecule has 0 radical (unpaired) electrons. The Hall–Kier alpha value is -0.860. The van der Waals surface area contributed by atoms with Gasteiger partial charge < -0.3 is 5.11 Å². The van der Waals surface area contributed by atoms with Crippen molar-refractivity contribution >= 4 is 17.4 Å². The third kappa shape index (κ3) is 3.42. The molecule has 0 bridgehead atoms. The maximum Gasteiger partial charge on any atom is 0.138 e. The molecule has 110 valence electrons. The fraction of sp³-hybridized carbons (Fsp3) is 0.588. The van der Waals surface area contributed by atoms with Gasteiger partial charge in [0.25, 0.3) is 0 Å². The normalized spacial score (nSPS) is 25.6. The molecule has 1 aromatic rings. The zero-order valence-corrected chi connectivity index (χ0v) is 13.2. The number of hydrogen-bond acceptors (Lipinski definition) is 2. The molecule has 1 fully saturated rings. The molecule has 1 aliphatic rings. The van der Waals surface area contributed by atoms with Gasteiger partial charge in [-0.05, 0) is 41.9 Å². The zero-order valence-electron chi connectivity index (χ0n) is 12.4. The van der Waals surface area contributed by atoms with Crippen LogP contribution in [0.15, 0.2) is 24.3 Å². The molecule has 0 saturated heterocycles. The van der Waals surface area contributed by atoms with E-state index in [1.165, 1.54) is 0 Å².